The summed E-state index contributed by atoms with van der Waals surface area (Å²) in [4.78, 5) is 4.12. The first-order valence-electron chi connectivity index (χ1n) is 4.52. The van der Waals surface area contributed by atoms with Crippen molar-refractivity contribution in [2.75, 3.05) is 0 Å². The minimum Gasteiger partial charge on any atom is -0.339 e. The highest BCUT2D eigenvalue weighted by Gasteiger charge is 2.07. The standard InChI is InChI=1S/C11H9N3O/c1-7-5-9(3-4-10(7)6-12)11-13-8(2)15-14-11/h3-5H,1-2H3. The Bertz CT molecular complexity index is 537. The molecule has 0 fully saturated rings. The first-order valence-corrected chi connectivity index (χ1v) is 4.52. The maximum absolute atomic E-state index is 8.78. The Morgan fingerprint density at radius 1 is 1.33 bits per heavy atom. The van der Waals surface area contributed by atoms with Gasteiger partial charge in [-0.3, -0.25) is 0 Å². The Hall–Kier alpha value is -2.15. The van der Waals surface area contributed by atoms with Gasteiger partial charge in [0.2, 0.25) is 11.7 Å². The van der Waals surface area contributed by atoms with Gasteiger partial charge in [0.15, 0.2) is 0 Å². The lowest BCUT2D eigenvalue weighted by molar-refractivity contribution is 0.394. The van der Waals surface area contributed by atoms with E-state index < -0.39 is 0 Å². The van der Waals surface area contributed by atoms with Crippen LogP contribution in [0.3, 0.4) is 0 Å². The molecule has 0 N–H and O–H groups in total. The fraction of sp³-hybridized carbons (Fsp3) is 0.182. The molecule has 4 nitrogen and oxygen atoms in total. The van der Waals surface area contributed by atoms with Gasteiger partial charge in [-0.1, -0.05) is 5.16 Å². The van der Waals surface area contributed by atoms with Gasteiger partial charge in [-0.2, -0.15) is 10.2 Å². The fourth-order valence-corrected chi connectivity index (χ4v) is 1.34. The van der Waals surface area contributed by atoms with Gasteiger partial charge in [-0.05, 0) is 30.7 Å². The van der Waals surface area contributed by atoms with Crippen LogP contribution in [0.25, 0.3) is 11.4 Å². The van der Waals surface area contributed by atoms with Gasteiger partial charge in [0.05, 0.1) is 11.6 Å². The molecule has 1 aromatic carbocycles. The zero-order valence-electron chi connectivity index (χ0n) is 8.48. The van der Waals surface area contributed by atoms with Crippen LogP contribution in [0, 0.1) is 25.2 Å². The minimum absolute atomic E-state index is 0.534. The van der Waals surface area contributed by atoms with Crippen LogP contribution >= 0.6 is 0 Å². The van der Waals surface area contributed by atoms with Crippen LogP contribution in [0.4, 0.5) is 0 Å². The average Bonchev–Trinajstić information content (AvgIpc) is 2.65. The van der Waals surface area contributed by atoms with Crippen molar-refractivity contribution in [3.63, 3.8) is 0 Å². The number of aryl methyl sites for hydroxylation is 2. The number of nitrogens with zero attached hydrogens (tertiary/aromatic N) is 3. The normalized spacial score (nSPS) is 9.93. The van der Waals surface area contributed by atoms with E-state index in [0.717, 1.165) is 11.1 Å². The van der Waals surface area contributed by atoms with Crippen LogP contribution in [-0.4, -0.2) is 10.1 Å². The maximum Gasteiger partial charge on any atom is 0.223 e. The molecule has 74 valence electrons. The third-order valence-corrected chi connectivity index (χ3v) is 2.13. The van der Waals surface area contributed by atoms with Crippen molar-refractivity contribution in [3.8, 4) is 17.5 Å². The summed E-state index contributed by atoms with van der Waals surface area (Å²) in [7, 11) is 0. The van der Waals surface area contributed by atoms with Gasteiger partial charge in [0, 0.05) is 12.5 Å². The van der Waals surface area contributed by atoms with Crippen LogP contribution < -0.4 is 0 Å². The molecule has 0 aliphatic rings. The largest absolute Gasteiger partial charge is 0.339 e. The highest BCUT2D eigenvalue weighted by molar-refractivity contribution is 5.58. The number of benzene rings is 1. The van der Waals surface area contributed by atoms with Crippen LogP contribution in [0.1, 0.15) is 17.0 Å². The van der Waals surface area contributed by atoms with Crippen molar-refractivity contribution in [2.24, 2.45) is 0 Å². The second kappa shape index (κ2) is 3.54. The third kappa shape index (κ3) is 1.72. The first-order chi connectivity index (χ1) is 7.20. The molecule has 0 bridgehead atoms. The second-order valence-electron chi connectivity index (χ2n) is 3.28. The van der Waals surface area contributed by atoms with Crippen molar-refractivity contribution in [2.45, 2.75) is 13.8 Å². The summed E-state index contributed by atoms with van der Waals surface area (Å²) >= 11 is 0. The van der Waals surface area contributed by atoms with E-state index in [1.165, 1.54) is 0 Å². The lowest BCUT2D eigenvalue weighted by Gasteiger charge is -1.98. The predicted octanol–water partition coefficient (Wildman–Crippen LogP) is 2.23. The molecule has 0 unspecified atom stereocenters. The topological polar surface area (TPSA) is 62.7 Å². The molecule has 0 amide bonds. The SMILES string of the molecule is Cc1nc(-c2ccc(C#N)c(C)c2)no1. The lowest BCUT2D eigenvalue weighted by atomic mass is 10.1. The van der Waals surface area contributed by atoms with Crippen molar-refractivity contribution < 1.29 is 4.52 Å². The van der Waals surface area contributed by atoms with Crippen LogP contribution in [0.5, 0.6) is 0 Å². The van der Waals surface area contributed by atoms with Crippen LogP contribution in [0.15, 0.2) is 22.7 Å². The van der Waals surface area contributed by atoms with Gasteiger partial charge in [-0.15, -0.1) is 0 Å². The van der Waals surface area contributed by atoms with Crippen molar-refractivity contribution in [1.82, 2.24) is 10.1 Å². The summed E-state index contributed by atoms with van der Waals surface area (Å²) < 4.78 is 4.89. The van der Waals surface area contributed by atoms with E-state index in [0.29, 0.717) is 17.3 Å². The van der Waals surface area contributed by atoms with Gasteiger partial charge in [0.25, 0.3) is 0 Å². The maximum atomic E-state index is 8.78. The quantitative estimate of drug-likeness (QED) is 0.706. The molecule has 0 saturated carbocycles. The Morgan fingerprint density at radius 3 is 2.67 bits per heavy atom. The summed E-state index contributed by atoms with van der Waals surface area (Å²) in [6.07, 6.45) is 0. The molecule has 0 aliphatic carbocycles. The molecular formula is C11H9N3O. The highest BCUT2D eigenvalue weighted by atomic mass is 16.5. The number of hydrogen-bond acceptors (Lipinski definition) is 4. The summed E-state index contributed by atoms with van der Waals surface area (Å²) in [5, 5.41) is 12.6. The smallest absolute Gasteiger partial charge is 0.223 e. The van der Waals surface area contributed by atoms with Crippen molar-refractivity contribution in [1.29, 1.82) is 5.26 Å². The summed E-state index contributed by atoms with van der Waals surface area (Å²) in [5.41, 5.74) is 2.44. The Morgan fingerprint density at radius 2 is 2.13 bits per heavy atom. The zero-order chi connectivity index (χ0) is 10.8. The summed E-state index contributed by atoms with van der Waals surface area (Å²) in [6.45, 7) is 3.63. The van der Waals surface area contributed by atoms with Crippen molar-refractivity contribution >= 4 is 0 Å². The molecule has 0 saturated heterocycles. The molecule has 1 heterocycles. The molecule has 15 heavy (non-hydrogen) atoms. The summed E-state index contributed by atoms with van der Waals surface area (Å²) in [5.74, 6) is 1.09. The van der Waals surface area contributed by atoms with E-state index in [2.05, 4.69) is 16.2 Å². The zero-order valence-corrected chi connectivity index (χ0v) is 8.48. The van der Waals surface area contributed by atoms with Gasteiger partial charge >= 0.3 is 0 Å². The van der Waals surface area contributed by atoms with E-state index in [1.807, 2.05) is 19.1 Å². The van der Waals surface area contributed by atoms with Gasteiger partial charge in [-0.25, -0.2) is 0 Å². The molecule has 0 spiro atoms. The molecule has 2 aromatic rings. The number of hydrogen-bond donors (Lipinski definition) is 0. The predicted molar refractivity (Wildman–Crippen MR) is 53.9 cm³/mol. The molecule has 0 atom stereocenters. The molecular weight excluding hydrogens is 190 g/mol. The van der Waals surface area contributed by atoms with Crippen LogP contribution in [-0.2, 0) is 0 Å². The average molecular weight is 199 g/mol. The molecule has 2 rings (SSSR count). The van der Waals surface area contributed by atoms with E-state index in [4.69, 9.17) is 9.78 Å². The van der Waals surface area contributed by atoms with Crippen molar-refractivity contribution in [3.05, 3.63) is 35.2 Å². The summed E-state index contributed by atoms with van der Waals surface area (Å²) in [6, 6.07) is 7.57. The second-order valence-corrected chi connectivity index (χ2v) is 3.28. The van der Waals surface area contributed by atoms with Gasteiger partial charge in [0.1, 0.15) is 0 Å². The minimum atomic E-state index is 0.534. The molecule has 1 aromatic heterocycles. The lowest BCUT2D eigenvalue weighted by Crippen LogP contribution is -1.86. The first kappa shape index (κ1) is 9.41. The molecule has 0 aliphatic heterocycles. The highest BCUT2D eigenvalue weighted by Crippen LogP contribution is 2.19. The number of nitriles is 1. The van der Waals surface area contributed by atoms with Gasteiger partial charge < -0.3 is 4.52 Å². The Balaban J connectivity index is 2.48. The monoisotopic (exact) mass is 199 g/mol. The van der Waals surface area contributed by atoms with E-state index in [9.17, 15) is 0 Å². The van der Waals surface area contributed by atoms with E-state index in [1.54, 1.807) is 13.0 Å². The molecule has 0 radical (unpaired) electrons. The number of rotatable bonds is 1. The Labute approximate surface area is 87.2 Å². The van der Waals surface area contributed by atoms with E-state index in [-0.39, 0.29) is 0 Å². The fourth-order valence-electron chi connectivity index (χ4n) is 1.34. The van der Waals surface area contributed by atoms with E-state index >= 15 is 0 Å². The Kier molecular flexibility index (Phi) is 2.22. The van der Waals surface area contributed by atoms with Crippen LogP contribution in [0.2, 0.25) is 0 Å². The third-order valence-electron chi connectivity index (χ3n) is 2.13. The molecule has 4 heteroatoms. The number of aromatic nitrogens is 2.